The monoisotopic (exact) mass is 466 g/mol. The molecule has 0 heterocycles. The first-order chi connectivity index (χ1) is 16.4. The standard InChI is InChI=1S/C26H30N2O6/c1-3-33-18(14-24(29)27-13-12-17(2)25(30)31)15-28-26(32)34-16-23-21-10-6-4-8-19(21)20-9-5-7-11-22(20)23/h4-12,18,23H,3,13-16H2,1-2H3,(H,27,29)(H,28,32)(H,30,31)/b17-12+. The highest BCUT2D eigenvalue weighted by Crippen LogP contribution is 2.44. The molecule has 0 radical (unpaired) electrons. The lowest BCUT2D eigenvalue weighted by atomic mass is 9.98. The number of fused-ring (bicyclic) bond motifs is 3. The van der Waals surface area contributed by atoms with Crippen LogP contribution in [0.15, 0.2) is 60.2 Å². The lowest BCUT2D eigenvalue weighted by Crippen LogP contribution is -2.38. The van der Waals surface area contributed by atoms with Gasteiger partial charge in [-0.25, -0.2) is 9.59 Å². The number of hydrogen-bond acceptors (Lipinski definition) is 5. The minimum Gasteiger partial charge on any atom is -0.478 e. The maximum atomic E-state index is 12.4. The highest BCUT2D eigenvalue weighted by atomic mass is 16.5. The molecule has 34 heavy (non-hydrogen) atoms. The first-order valence-electron chi connectivity index (χ1n) is 11.3. The summed E-state index contributed by atoms with van der Waals surface area (Å²) in [6, 6.07) is 16.2. The van der Waals surface area contributed by atoms with Gasteiger partial charge in [0.05, 0.1) is 12.5 Å². The van der Waals surface area contributed by atoms with Crippen LogP contribution in [0.25, 0.3) is 11.1 Å². The number of carbonyl (C=O) groups is 3. The fourth-order valence-electron chi connectivity index (χ4n) is 3.96. The third-order valence-electron chi connectivity index (χ3n) is 5.68. The number of alkyl carbamates (subject to hydrolysis) is 1. The van der Waals surface area contributed by atoms with Crippen LogP contribution in [-0.4, -0.2) is 55.5 Å². The van der Waals surface area contributed by atoms with Crippen LogP contribution in [0.5, 0.6) is 0 Å². The van der Waals surface area contributed by atoms with E-state index in [0.29, 0.717) is 6.61 Å². The lowest BCUT2D eigenvalue weighted by molar-refractivity contribution is -0.132. The van der Waals surface area contributed by atoms with Crippen molar-refractivity contribution in [2.24, 2.45) is 0 Å². The van der Waals surface area contributed by atoms with E-state index in [4.69, 9.17) is 14.6 Å². The third kappa shape index (κ3) is 6.45. The molecule has 0 saturated carbocycles. The molecule has 8 nitrogen and oxygen atoms in total. The van der Waals surface area contributed by atoms with E-state index < -0.39 is 18.2 Å². The normalized spacial score (nSPS) is 13.5. The molecular formula is C26H30N2O6. The molecule has 180 valence electrons. The van der Waals surface area contributed by atoms with Crippen LogP contribution in [0.4, 0.5) is 4.79 Å². The molecule has 0 spiro atoms. The van der Waals surface area contributed by atoms with Crippen LogP contribution < -0.4 is 10.6 Å². The Hall–Kier alpha value is -3.65. The van der Waals surface area contributed by atoms with Crippen molar-refractivity contribution in [2.45, 2.75) is 32.3 Å². The molecule has 1 aliphatic carbocycles. The van der Waals surface area contributed by atoms with E-state index >= 15 is 0 Å². The minimum absolute atomic E-state index is 0.0253. The van der Waals surface area contributed by atoms with Crippen LogP contribution >= 0.6 is 0 Å². The van der Waals surface area contributed by atoms with Crippen LogP contribution in [-0.2, 0) is 19.1 Å². The van der Waals surface area contributed by atoms with Gasteiger partial charge in [0.2, 0.25) is 5.91 Å². The van der Waals surface area contributed by atoms with E-state index in [1.165, 1.54) is 13.0 Å². The van der Waals surface area contributed by atoms with Gasteiger partial charge in [0.15, 0.2) is 0 Å². The molecular weight excluding hydrogens is 436 g/mol. The first kappa shape index (κ1) is 25.0. The number of nitrogens with one attached hydrogen (secondary N) is 2. The molecule has 1 unspecified atom stereocenters. The Labute approximate surface area is 199 Å². The van der Waals surface area contributed by atoms with Crippen molar-refractivity contribution >= 4 is 18.0 Å². The van der Waals surface area contributed by atoms with Gasteiger partial charge < -0.3 is 25.2 Å². The summed E-state index contributed by atoms with van der Waals surface area (Å²) in [5, 5.41) is 14.1. The fraction of sp³-hybridized carbons (Fsp3) is 0.346. The molecule has 3 rings (SSSR count). The van der Waals surface area contributed by atoms with Gasteiger partial charge in [-0.2, -0.15) is 0 Å². The molecule has 8 heteroatoms. The number of benzene rings is 2. The van der Waals surface area contributed by atoms with Gasteiger partial charge in [-0.1, -0.05) is 54.6 Å². The Bertz CT molecular complexity index is 1020. The summed E-state index contributed by atoms with van der Waals surface area (Å²) in [5.74, 6) is -1.37. The van der Waals surface area contributed by atoms with Crippen molar-refractivity contribution < 1.29 is 29.0 Å². The van der Waals surface area contributed by atoms with Crippen LogP contribution in [0, 0.1) is 0 Å². The van der Waals surface area contributed by atoms with E-state index in [9.17, 15) is 14.4 Å². The summed E-state index contributed by atoms with van der Waals surface area (Å²) in [7, 11) is 0. The van der Waals surface area contributed by atoms with Crippen molar-refractivity contribution in [3.8, 4) is 11.1 Å². The number of carboxylic acids is 1. The highest BCUT2D eigenvalue weighted by molar-refractivity contribution is 5.86. The Morgan fingerprint density at radius 1 is 1.03 bits per heavy atom. The van der Waals surface area contributed by atoms with Gasteiger partial charge in [0.1, 0.15) is 6.61 Å². The lowest BCUT2D eigenvalue weighted by Gasteiger charge is -2.18. The molecule has 0 fully saturated rings. The predicted molar refractivity (Wildman–Crippen MR) is 128 cm³/mol. The molecule has 1 aliphatic rings. The topological polar surface area (TPSA) is 114 Å². The summed E-state index contributed by atoms with van der Waals surface area (Å²) >= 11 is 0. The van der Waals surface area contributed by atoms with Crippen molar-refractivity contribution in [3.63, 3.8) is 0 Å². The SMILES string of the molecule is CCOC(CNC(=O)OCC1c2ccccc2-c2ccccc21)CC(=O)NC/C=C(\C)C(=O)O. The second kappa shape index (κ2) is 12.0. The first-order valence-corrected chi connectivity index (χ1v) is 11.3. The van der Waals surface area contributed by atoms with Crippen molar-refractivity contribution in [1.82, 2.24) is 10.6 Å². The van der Waals surface area contributed by atoms with Crippen LogP contribution in [0.2, 0.25) is 0 Å². The van der Waals surface area contributed by atoms with Crippen molar-refractivity contribution in [1.29, 1.82) is 0 Å². The number of ether oxygens (including phenoxy) is 2. The molecule has 1 atom stereocenters. The summed E-state index contributed by atoms with van der Waals surface area (Å²) < 4.78 is 11.1. The van der Waals surface area contributed by atoms with Gasteiger partial charge >= 0.3 is 12.1 Å². The zero-order chi connectivity index (χ0) is 24.5. The Balaban J connectivity index is 1.49. The van der Waals surface area contributed by atoms with E-state index in [2.05, 4.69) is 34.9 Å². The predicted octanol–water partition coefficient (Wildman–Crippen LogP) is 3.47. The summed E-state index contributed by atoms with van der Waals surface area (Å²) in [6.07, 6.45) is 0.337. The van der Waals surface area contributed by atoms with Crippen molar-refractivity contribution in [3.05, 3.63) is 71.3 Å². The smallest absolute Gasteiger partial charge is 0.407 e. The van der Waals surface area contributed by atoms with E-state index in [-0.39, 0.29) is 43.5 Å². The molecule has 0 aliphatic heterocycles. The molecule has 0 bridgehead atoms. The van der Waals surface area contributed by atoms with Gasteiger partial charge in [-0.3, -0.25) is 4.79 Å². The second-order valence-electron chi connectivity index (χ2n) is 7.98. The number of carboxylic acid groups (broad SMARTS) is 1. The Morgan fingerprint density at radius 3 is 2.24 bits per heavy atom. The van der Waals surface area contributed by atoms with E-state index in [1.54, 1.807) is 6.92 Å². The number of hydrogen-bond donors (Lipinski definition) is 3. The maximum absolute atomic E-state index is 12.4. The Kier molecular flexibility index (Phi) is 8.81. The van der Waals surface area contributed by atoms with Gasteiger partial charge in [0, 0.05) is 31.2 Å². The highest BCUT2D eigenvalue weighted by Gasteiger charge is 2.29. The fourth-order valence-corrected chi connectivity index (χ4v) is 3.96. The minimum atomic E-state index is -1.03. The largest absolute Gasteiger partial charge is 0.478 e. The maximum Gasteiger partial charge on any atom is 0.407 e. The van der Waals surface area contributed by atoms with E-state index in [1.807, 2.05) is 24.3 Å². The number of amides is 2. The molecule has 0 saturated heterocycles. The molecule has 2 aromatic rings. The quantitative estimate of drug-likeness (QED) is 0.437. The van der Waals surface area contributed by atoms with Gasteiger partial charge in [0.25, 0.3) is 0 Å². The second-order valence-corrected chi connectivity index (χ2v) is 7.98. The Morgan fingerprint density at radius 2 is 1.65 bits per heavy atom. The summed E-state index contributed by atoms with van der Waals surface area (Å²) in [4.78, 5) is 35.3. The average Bonchev–Trinajstić information content (AvgIpc) is 3.15. The molecule has 3 N–H and O–H groups in total. The number of aliphatic carboxylic acids is 1. The zero-order valence-corrected chi connectivity index (χ0v) is 19.4. The zero-order valence-electron chi connectivity index (χ0n) is 19.4. The molecule has 2 amide bonds. The number of rotatable bonds is 11. The average molecular weight is 467 g/mol. The van der Waals surface area contributed by atoms with Crippen LogP contribution in [0.3, 0.4) is 0 Å². The third-order valence-corrected chi connectivity index (χ3v) is 5.68. The summed E-state index contributed by atoms with van der Waals surface area (Å²) in [6.45, 7) is 4.06. The van der Waals surface area contributed by atoms with Gasteiger partial charge in [-0.05, 0) is 36.1 Å². The van der Waals surface area contributed by atoms with E-state index in [0.717, 1.165) is 22.3 Å². The van der Waals surface area contributed by atoms with Gasteiger partial charge in [-0.15, -0.1) is 0 Å². The molecule has 0 aromatic heterocycles. The number of carbonyl (C=O) groups excluding carboxylic acids is 2. The van der Waals surface area contributed by atoms with Crippen LogP contribution in [0.1, 0.15) is 37.3 Å². The molecule has 2 aromatic carbocycles. The van der Waals surface area contributed by atoms with Crippen molar-refractivity contribution in [2.75, 3.05) is 26.3 Å². The summed E-state index contributed by atoms with van der Waals surface area (Å²) in [5.41, 5.74) is 4.73.